The smallest absolute Gasteiger partial charge is 0.251 e. The molecule has 0 heterocycles. The van der Waals surface area contributed by atoms with Crippen molar-refractivity contribution in [3.63, 3.8) is 0 Å². The minimum atomic E-state index is -3.45. The van der Waals surface area contributed by atoms with Gasteiger partial charge in [0, 0.05) is 12.1 Å². The van der Waals surface area contributed by atoms with E-state index in [1.165, 1.54) is 10.6 Å². The summed E-state index contributed by atoms with van der Waals surface area (Å²) in [6.45, 7) is 6.07. The van der Waals surface area contributed by atoms with Crippen molar-refractivity contribution in [2.75, 3.05) is 23.7 Å². The monoisotopic (exact) mass is 360 g/mol. The molecule has 0 fully saturated rings. The van der Waals surface area contributed by atoms with Crippen molar-refractivity contribution in [1.82, 2.24) is 5.32 Å². The molecule has 2 rings (SSSR count). The average molecular weight is 360 g/mol. The van der Waals surface area contributed by atoms with Crippen LogP contribution in [0.5, 0.6) is 0 Å². The SMILES string of the molecule is Cc1ccc(C)c(N(CCNC(=O)c2ccccc2C)S(C)(=O)=O)c1. The van der Waals surface area contributed by atoms with Crippen molar-refractivity contribution < 1.29 is 13.2 Å². The largest absolute Gasteiger partial charge is 0.350 e. The third kappa shape index (κ3) is 4.82. The molecule has 0 aliphatic heterocycles. The quantitative estimate of drug-likeness (QED) is 0.861. The van der Waals surface area contributed by atoms with Gasteiger partial charge in [-0.3, -0.25) is 9.10 Å². The molecule has 6 heteroatoms. The van der Waals surface area contributed by atoms with Gasteiger partial charge in [-0.15, -0.1) is 0 Å². The molecule has 0 spiro atoms. The normalized spacial score (nSPS) is 11.2. The molecule has 5 nitrogen and oxygen atoms in total. The second kappa shape index (κ2) is 7.70. The van der Waals surface area contributed by atoms with E-state index in [1.54, 1.807) is 12.1 Å². The van der Waals surface area contributed by atoms with Gasteiger partial charge in [0.15, 0.2) is 0 Å². The fourth-order valence-corrected chi connectivity index (χ4v) is 3.62. The van der Waals surface area contributed by atoms with E-state index >= 15 is 0 Å². The van der Waals surface area contributed by atoms with Crippen molar-refractivity contribution >= 4 is 21.6 Å². The van der Waals surface area contributed by atoms with Crippen molar-refractivity contribution in [3.8, 4) is 0 Å². The number of aryl methyl sites for hydroxylation is 3. The van der Waals surface area contributed by atoms with Gasteiger partial charge in [-0.05, 0) is 49.6 Å². The summed E-state index contributed by atoms with van der Waals surface area (Å²) in [6.07, 6.45) is 1.18. The van der Waals surface area contributed by atoms with E-state index in [4.69, 9.17) is 0 Å². The van der Waals surface area contributed by atoms with Crippen molar-refractivity contribution in [2.24, 2.45) is 0 Å². The van der Waals surface area contributed by atoms with Crippen LogP contribution >= 0.6 is 0 Å². The lowest BCUT2D eigenvalue weighted by molar-refractivity contribution is 0.0954. The molecule has 0 radical (unpaired) electrons. The summed E-state index contributed by atoms with van der Waals surface area (Å²) in [6, 6.07) is 13.0. The highest BCUT2D eigenvalue weighted by Crippen LogP contribution is 2.23. The highest BCUT2D eigenvalue weighted by molar-refractivity contribution is 7.92. The number of amides is 1. The van der Waals surface area contributed by atoms with Crippen LogP contribution in [0.3, 0.4) is 0 Å². The fraction of sp³-hybridized carbons (Fsp3) is 0.316. The number of hydrogen-bond donors (Lipinski definition) is 1. The number of hydrogen-bond acceptors (Lipinski definition) is 3. The summed E-state index contributed by atoms with van der Waals surface area (Å²) >= 11 is 0. The molecule has 0 unspecified atom stereocenters. The van der Waals surface area contributed by atoms with Crippen LogP contribution in [0.25, 0.3) is 0 Å². The number of rotatable bonds is 6. The molecule has 0 saturated heterocycles. The summed E-state index contributed by atoms with van der Waals surface area (Å²) in [4.78, 5) is 12.3. The van der Waals surface area contributed by atoms with Crippen LogP contribution in [-0.4, -0.2) is 33.7 Å². The molecule has 2 aromatic rings. The molecular weight excluding hydrogens is 336 g/mol. The fourth-order valence-electron chi connectivity index (χ4n) is 2.65. The molecule has 0 bridgehead atoms. The van der Waals surface area contributed by atoms with Crippen LogP contribution in [0.15, 0.2) is 42.5 Å². The molecule has 25 heavy (non-hydrogen) atoms. The maximum absolute atomic E-state index is 12.3. The third-order valence-electron chi connectivity index (χ3n) is 4.02. The first kappa shape index (κ1) is 19.0. The Morgan fingerprint density at radius 1 is 1.04 bits per heavy atom. The Balaban J connectivity index is 2.13. The summed E-state index contributed by atoms with van der Waals surface area (Å²) < 4.78 is 25.8. The zero-order valence-corrected chi connectivity index (χ0v) is 15.9. The summed E-state index contributed by atoms with van der Waals surface area (Å²) in [5.74, 6) is -0.201. The Bertz CT molecular complexity index is 876. The Morgan fingerprint density at radius 2 is 1.72 bits per heavy atom. The standard InChI is InChI=1S/C19H24N2O3S/c1-14-9-10-16(3)18(13-14)21(25(4,23)24)12-11-20-19(22)17-8-6-5-7-15(17)2/h5-10,13H,11-12H2,1-4H3,(H,20,22). The molecule has 0 aromatic heterocycles. The van der Waals surface area contributed by atoms with E-state index in [0.717, 1.165) is 16.7 Å². The first-order valence-electron chi connectivity index (χ1n) is 8.09. The van der Waals surface area contributed by atoms with Crippen LogP contribution < -0.4 is 9.62 Å². The zero-order valence-electron chi connectivity index (χ0n) is 15.0. The van der Waals surface area contributed by atoms with Crippen molar-refractivity contribution in [1.29, 1.82) is 0 Å². The van der Waals surface area contributed by atoms with Gasteiger partial charge >= 0.3 is 0 Å². The minimum absolute atomic E-state index is 0.181. The van der Waals surface area contributed by atoms with Crippen LogP contribution in [0, 0.1) is 20.8 Å². The predicted octanol–water partition coefficient (Wildman–Crippen LogP) is 2.81. The third-order valence-corrected chi connectivity index (χ3v) is 5.20. The lowest BCUT2D eigenvalue weighted by atomic mass is 10.1. The van der Waals surface area contributed by atoms with Crippen molar-refractivity contribution in [3.05, 3.63) is 64.7 Å². The van der Waals surface area contributed by atoms with Crippen LogP contribution in [-0.2, 0) is 10.0 Å². The Morgan fingerprint density at radius 3 is 2.36 bits per heavy atom. The molecule has 0 aliphatic rings. The van der Waals surface area contributed by atoms with Crippen LogP contribution in [0.2, 0.25) is 0 Å². The van der Waals surface area contributed by atoms with E-state index in [0.29, 0.717) is 11.3 Å². The maximum atomic E-state index is 12.3. The Labute approximate surface area is 149 Å². The maximum Gasteiger partial charge on any atom is 0.251 e. The second-order valence-corrected chi connectivity index (χ2v) is 8.10. The van der Waals surface area contributed by atoms with Gasteiger partial charge in [0.2, 0.25) is 10.0 Å². The Hall–Kier alpha value is -2.34. The average Bonchev–Trinajstić information content (AvgIpc) is 2.53. The van der Waals surface area contributed by atoms with Gasteiger partial charge in [0.25, 0.3) is 5.91 Å². The van der Waals surface area contributed by atoms with Gasteiger partial charge in [-0.1, -0.05) is 30.3 Å². The molecule has 0 aliphatic carbocycles. The molecule has 1 amide bonds. The number of carbonyl (C=O) groups excluding carboxylic acids is 1. The number of nitrogens with one attached hydrogen (secondary N) is 1. The van der Waals surface area contributed by atoms with Crippen molar-refractivity contribution in [2.45, 2.75) is 20.8 Å². The molecule has 2 aromatic carbocycles. The summed E-state index contributed by atoms with van der Waals surface area (Å²) in [5.41, 5.74) is 3.99. The second-order valence-electron chi connectivity index (χ2n) is 6.20. The van der Waals surface area contributed by atoms with E-state index in [9.17, 15) is 13.2 Å². The highest BCUT2D eigenvalue weighted by atomic mass is 32.2. The number of anilines is 1. The zero-order chi connectivity index (χ0) is 18.6. The van der Waals surface area contributed by atoms with E-state index in [-0.39, 0.29) is 19.0 Å². The lowest BCUT2D eigenvalue weighted by Crippen LogP contribution is -2.38. The highest BCUT2D eigenvalue weighted by Gasteiger charge is 2.19. The van der Waals surface area contributed by atoms with Crippen LogP contribution in [0.1, 0.15) is 27.0 Å². The number of benzene rings is 2. The molecule has 1 N–H and O–H groups in total. The first-order valence-corrected chi connectivity index (χ1v) is 9.94. The minimum Gasteiger partial charge on any atom is -0.350 e. The van der Waals surface area contributed by atoms with Crippen LogP contribution in [0.4, 0.5) is 5.69 Å². The molecule has 0 atom stereocenters. The van der Waals surface area contributed by atoms with E-state index < -0.39 is 10.0 Å². The molecule has 0 saturated carbocycles. The van der Waals surface area contributed by atoms with E-state index in [1.807, 2.05) is 51.1 Å². The topological polar surface area (TPSA) is 66.5 Å². The van der Waals surface area contributed by atoms with Gasteiger partial charge in [-0.2, -0.15) is 0 Å². The number of nitrogens with zero attached hydrogens (tertiary/aromatic N) is 1. The molecule has 134 valence electrons. The number of carbonyl (C=O) groups is 1. The number of sulfonamides is 1. The first-order chi connectivity index (χ1) is 11.7. The predicted molar refractivity (Wildman–Crippen MR) is 102 cm³/mol. The lowest BCUT2D eigenvalue weighted by Gasteiger charge is -2.24. The Kier molecular flexibility index (Phi) is 5.85. The van der Waals surface area contributed by atoms with Gasteiger partial charge in [0.05, 0.1) is 18.5 Å². The summed E-state index contributed by atoms with van der Waals surface area (Å²) in [5, 5.41) is 2.80. The summed E-state index contributed by atoms with van der Waals surface area (Å²) in [7, 11) is -3.45. The van der Waals surface area contributed by atoms with Gasteiger partial charge in [0.1, 0.15) is 0 Å². The van der Waals surface area contributed by atoms with E-state index in [2.05, 4.69) is 5.32 Å². The van der Waals surface area contributed by atoms with Gasteiger partial charge in [-0.25, -0.2) is 8.42 Å². The molecular formula is C19H24N2O3S. The van der Waals surface area contributed by atoms with Gasteiger partial charge < -0.3 is 5.32 Å².